The maximum Gasteiger partial charge on any atom is 0.227 e. The van der Waals surface area contributed by atoms with Crippen LogP contribution in [0.5, 0.6) is 5.75 Å². The number of fused-ring (bicyclic) bond motifs is 6. The van der Waals surface area contributed by atoms with Gasteiger partial charge in [0.25, 0.3) is 0 Å². The number of aromatic hydroxyl groups is 1. The van der Waals surface area contributed by atoms with E-state index in [1.807, 2.05) is 47.4 Å². The third-order valence-electron chi connectivity index (χ3n) is 11.8. The number of hydrogen-bond acceptors (Lipinski definition) is 3. The zero-order chi connectivity index (χ0) is 31.8. The summed E-state index contributed by atoms with van der Waals surface area (Å²) in [6, 6.07) is 30.2. The zero-order valence-electron chi connectivity index (χ0n) is 26.8. The second-order valence-corrected chi connectivity index (χ2v) is 14.5. The number of rotatable bonds is 9. The van der Waals surface area contributed by atoms with Gasteiger partial charge in [-0.25, -0.2) is 4.39 Å². The zero-order valence-corrected chi connectivity index (χ0v) is 26.8. The summed E-state index contributed by atoms with van der Waals surface area (Å²) in [5, 5.41) is 23.6. The fraction of sp³-hybridized carbons (Fsp3) is 0.439. The number of phenolic OH excluding ortho intramolecular Hbond substituents is 1. The van der Waals surface area contributed by atoms with Crippen LogP contribution in [0.2, 0.25) is 0 Å². The van der Waals surface area contributed by atoms with Gasteiger partial charge in [-0.15, -0.1) is 0 Å². The van der Waals surface area contributed by atoms with E-state index in [0.717, 1.165) is 66.2 Å². The van der Waals surface area contributed by atoms with Crippen molar-refractivity contribution in [1.29, 1.82) is 0 Å². The summed E-state index contributed by atoms with van der Waals surface area (Å²) >= 11 is 0. The summed E-state index contributed by atoms with van der Waals surface area (Å²) in [6.07, 6.45) is 4.62. The average Bonchev–Trinajstić information content (AvgIpc) is 3.35. The summed E-state index contributed by atoms with van der Waals surface area (Å²) in [4.78, 5) is 15.8. The summed E-state index contributed by atoms with van der Waals surface area (Å²) in [5.74, 6) is 0.941. The Labute approximate surface area is 272 Å². The molecule has 0 unspecified atom stereocenters. The number of carbonyl (C=O) groups is 1. The van der Waals surface area contributed by atoms with Crippen LogP contribution in [-0.2, 0) is 24.2 Å². The number of halogens is 1. The van der Waals surface area contributed by atoms with Gasteiger partial charge in [-0.2, -0.15) is 0 Å². The van der Waals surface area contributed by atoms with Crippen molar-refractivity contribution in [3.8, 4) is 5.75 Å². The van der Waals surface area contributed by atoms with Crippen LogP contribution in [-0.4, -0.2) is 39.8 Å². The van der Waals surface area contributed by atoms with Gasteiger partial charge in [0.1, 0.15) is 11.9 Å². The maximum atomic E-state index is 16.2. The number of nitrogens with zero attached hydrogens (tertiary/aromatic N) is 1. The van der Waals surface area contributed by atoms with Crippen molar-refractivity contribution in [3.63, 3.8) is 0 Å². The summed E-state index contributed by atoms with van der Waals surface area (Å²) in [7, 11) is 0. The maximum absolute atomic E-state index is 16.2. The Hall–Kier alpha value is -3.70. The molecule has 5 heteroatoms. The topological polar surface area (TPSA) is 60.8 Å². The van der Waals surface area contributed by atoms with Crippen LogP contribution in [0.3, 0.4) is 0 Å². The number of phenols is 1. The van der Waals surface area contributed by atoms with Crippen LogP contribution in [0.15, 0.2) is 91.0 Å². The van der Waals surface area contributed by atoms with Gasteiger partial charge in [0, 0.05) is 19.0 Å². The second-order valence-electron chi connectivity index (χ2n) is 14.5. The van der Waals surface area contributed by atoms with Crippen molar-refractivity contribution in [2.24, 2.45) is 23.2 Å². The molecule has 3 aliphatic rings. The fourth-order valence-electron chi connectivity index (χ4n) is 9.47. The minimum absolute atomic E-state index is 0.129. The molecule has 0 heterocycles. The number of amides is 1. The fourth-order valence-corrected chi connectivity index (χ4v) is 9.47. The predicted molar refractivity (Wildman–Crippen MR) is 181 cm³/mol. The molecule has 2 saturated carbocycles. The predicted octanol–water partition coefficient (Wildman–Crippen LogP) is 8.38. The first-order chi connectivity index (χ1) is 22.3. The van der Waals surface area contributed by atoms with E-state index in [0.29, 0.717) is 31.8 Å². The molecule has 2 fully saturated rings. The van der Waals surface area contributed by atoms with Crippen molar-refractivity contribution in [1.82, 2.24) is 4.90 Å². The van der Waals surface area contributed by atoms with E-state index in [1.54, 1.807) is 6.07 Å². The van der Waals surface area contributed by atoms with Crippen LogP contribution in [0, 0.1) is 23.2 Å². The van der Waals surface area contributed by atoms with Gasteiger partial charge >= 0.3 is 0 Å². The molecular weight excluding hydrogens is 573 g/mol. The lowest BCUT2D eigenvalue weighted by Crippen LogP contribution is -2.51. The molecule has 2 N–H and O–H groups in total. The first-order valence-electron chi connectivity index (χ1n) is 17.2. The number of aliphatic hydroxyl groups excluding tert-OH is 1. The van der Waals surface area contributed by atoms with E-state index in [-0.39, 0.29) is 34.8 Å². The molecule has 0 radical (unpaired) electrons. The van der Waals surface area contributed by atoms with Gasteiger partial charge in [-0.05, 0) is 107 Å². The molecule has 0 saturated heterocycles. The number of aliphatic hydroxyl groups is 1. The van der Waals surface area contributed by atoms with Crippen LogP contribution in [0.4, 0.5) is 4.39 Å². The lowest BCUT2D eigenvalue weighted by Gasteiger charge is -2.54. The van der Waals surface area contributed by atoms with Crippen molar-refractivity contribution in [3.05, 3.63) is 113 Å². The normalized spacial score (nSPS) is 28.3. The van der Waals surface area contributed by atoms with Crippen LogP contribution < -0.4 is 0 Å². The second kappa shape index (κ2) is 12.8. The smallest absolute Gasteiger partial charge is 0.227 e. The number of alkyl halides is 1. The Morgan fingerprint density at radius 2 is 1.70 bits per heavy atom. The van der Waals surface area contributed by atoms with Crippen molar-refractivity contribution < 1.29 is 19.4 Å². The Morgan fingerprint density at radius 3 is 2.52 bits per heavy atom. The summed E-state index contributed by atoms with van der Waals surface area (Å²) < 4.78 is 16.2. The van der Waals surface area contributed by atoms with Crippen molar-refractivity contribution in [2.45, 2.75) is 83.0 Å². The molecule has 0 spiro atoms. The minimum atomic E-state index is -1.00. The standard InChI is InChI=1S/C41H46FNO3/c1-41-25-36(42)40-34-17-16-33(44)24-32(34)23-31(39(40)35(41)18-19-37(41)45)13-7-8-20-43(26-27-9-3-2-4-10-27)38(46)22-28-14-15-29-11-5-6-12-30(29)21-28/h2-6,9-12,14-17,21,24,31,35-37,39-40,44-45H,7-8,13,18-20,22-23,25-26H2,1H3/t31-,35+,36+,37+,39+,40+,41+/m1/s1. The van der Waals surface area contributed by atoms with Crippen molar-refractivity contribution in [2.75, 3.05) is 6.54 Å². The molecule has 4 aromatic carbocycles. The Morgan fingerprint density at radius 1 is 0.913 bits per heavy atom. The van der Waals surface area contributed by atoms with Crippen LogP contribution in [0.25, 0.3) is 10.8 Å². The molecular formula is C41H46FNO3. The minimum Gasteiger partial charge on any atom is -0.508 e. The van der Waals surface area contributed by atoms with E-state index in [9.17, 15) is 15.0 Å². The van der Waals surface area contributed by atoms with Crippen molar-refractivity contribution >= 4 is 16.7 Å². The first kappa shape index (κ1) is 30.9. The van der Waals surface area contributed by atoms with E-state index >= 15 is 4.39 Å². The quantitative estimate of drug-likeness (QED) is 0.185. The lowest BCUT2D eigenvalue weighted by molar-refractivity contribution is -0.131. The molecule has 0 bridgehead atoms. The number of unbranched alkanes of at least 4 members (excludes halogenated alkanes) is 1. The van der Waals surface area contributed by atoms with Gasteiger partial charge in [0.2, 0.25) is 5.91 Å². The lowest BCUT2D eigenvalue weighted by atomic mass is 9.51. The van der Waals surface area contributed by atoms with Gasteiger partial charge in [0.15, 0.2) is 0 Å². The highest BCUT2D eigenvalue weighted by molar-refractivity contribution is 5.85. The Bertz CT molecular complexity index is 1690. The third kappa shape index (κ3) is 5.95. The van der Waals surface area contributed by atoms with E-state index in [4.69, 9.17) is 0 Å². The van der Waals surface area contributed by atoms with Gasteiger partial charge in [0.05, 0.1) is 12.5 Å². The molecule has 7 atom stereocenters. The first-order valence-corrected chi connectivity index (χ1v) is 17.2. The average molecular weight is 620 g/mol. The van der Waals surface area contributed by atoms with Crippen LogP contribution in [0.1, 0.15) is 73.6 Å². The molecule has 7 rings (SSSR count). The van der Waals surface area contributed by atoms with Gasteiger partial charge in [-0.1, -0.05) is 92.2 Å². The Balaban J connectivity index is 1.07. The summed E-state index contributed by atoms with van der Waals surface area (Å²) in [6.45, 7) is 3.37. The number of hydrogen-bond donors (Lipinski definition) is 2. The largest absolute Gasteiger partial charge is 0.508 e. The van der Waals surface area contributed by atoms with Crippen LogP contribution >= 0.6 is 0 Å². The highest BCUT2D eigenvalue weighted by Crippen LogP contribution is 2.63. The van der Waals surface area contributed by atoms with E-state index in [2.05, 4.69) is 49.4 Å². The monoisotopic (exact) mass is 619 g/mol. The molecule has 46 heavy (non-hydrogen) atoms. The number of benzene rings is 4. The Kier molecular flexibility index (Phi) is 8.63. The molecule has 4 nitrogen and oxygen atoms in total. The molecule has 4 aromatic rings. The summed E-state index contributed by atoms with van der Waals surface area (Å²) in [5.41, 5.74) is 3.90. The van der Waals surface area contributed by atoms with Gasteiger partial charge < -0.3 is 15.1 Å². The SMILES string of the molecule is C[C@]12C[C@H](F)[C@@H]3c4ccc(O)cc4C[C@@H](CCCCN(Cc4ccccc4)C(=O)Cc4ccc5ccccc5c4)[C@H]3[C@@H]1CC[C@@H]2O. The van der Waals surface area contributed by atoms with Gasteiger partial charge in [-0.3, -0.25) is 4.79 Å². The molecule has 240 valence electrons. The van der Waals surface area contributed by atoms with E-state index < -0.39 is 12.3 Å². The number of carbonyl (C=O) groups excluding carboxylic acids is 1. The van der Waals surface area contributed by atoms with E-state index in [1.165, 1.54) is 5.39 Å². The molecule has 3 aliphatic carbocycles. The molecule has 0 aliphatic heterocycles. The highest BCUT2D eigenvalue weighted by Gasteiger charge is 2.59. The molecule has 0 aromatic heterocycles. The highest BCUT2D eigenvalue weighted by atomic mass is 19.1. The third-order valence-corrected chi connectivity index (χ3v) is 11.8. The molecule has 1 amide bonds.